The first-order chi connectivity index (χ1) is 45.0. The molecular weight excluding hydrogens is 1160 g/mol. The van der Waals surface area contributed by atoms with E-state index in [2.05, 4.69) is 208 Å². The summed E-state index contributed by atoms with van der Waals surface area (Å²) >= 11 is 0. The summed E-state index contributed by atoms with van der Waals surface area (Å²) in [6.45, 7) is 4.15. The monoisotopic (exact) mass is 1290 g/mol. The van der Waals surface area contributed by atoms with Crippen molar-refractivity contribution in [3.05, 3.63) is 194 Å². The quantitative estimate of drug-likeness (QED) is 0.0211. The highest BCUT2D eigenvalue weighted by atomic mass is 31.2. The largest absolute Gasteiger partial charge is 0.472 e. The van der Waals surface area contributed by atoms with Gasteiger partial charge in [-0.05, 0) is 141 Å². The number of esters is 2. The summed E-state index contributed by atoms with van der Waals surface area (Å²) in [7, 11) is 1.43. The smallest absolute Gasteiger partial charge is 0.462 e. The maximum Gasteiger partial charge on any atom is 0.472 e. The molecule has 0 aliphatic rings. The van der Waals surface area contributed by atoms with Gasteiger partial charge in [0.05, 0.1) is 27.7 Å². The minimum Gasteiger partial charge on any atom is -0.462 e. The summed E-state index contributed by atoms with van der Waals surface area (Å²) in [5.41, 5.74) is 0. The fourth-order valence-corrected chi connectivity index (χ4v) is 9.91. The topological polar surface area (TPSA) is 108 Å². The molecule has 10 heteroatoms. The molecule has 1 N–H and O–H groups in total. The van der Waals surface area contributed by atoms with Crippen LogP contribution >= 0.6 is 7.82 Å². The summed E-state index contributed by atoms with van der Waals surface area (Å²) in [4.78, 5) is 35.9. The lowest BCUT2D eigenvalue weighted by Gasteiger charge is -2.24. The fraction of sp³-hybridized carbons (Fsp3) is 0.585. The Morgan fingerprint density at radius 3 is 0.880 bits per heavy atom. The van der Waals surface area contributed by atoms with Crippen LogP contribution in [0.4, 0.5) is 0 Å². The Bertz CT molecular complexity index is 2260. The van der Waals surface area contributed by atoms with Crippen LogP contribution < -0.4 is 0 Å². The van der Waals surface area contributed by atoms with Crippen LogP contribution in [0.2, 0.25) is 0 Å². The van der Waals surface area contributed by atoms with Gasteiger partial charge in [-0.15, -0.1) is 0 Å². The maximum absolute atomic E-state index is 12.9. The van der Waals surface area contributed by atoms with Crippen molar-refractivity contribution in [2.75, 3.05) is 47.5 Å². The summed E-state index contributed by atoms with van der Waals surface area (Å²) in [6, 6.07) is 0. The van der Waals surface area contributed by atoms with E-state index in [4.69, 9.17) is 18.5 Å². The Hall–Kier alpha value is -5.15. The molecule has 0 aromatic rings. The van der Waals surface area contributed by atoms with Crippen molar-refractivity contribution in [1.29, 1.82) is 0 Å². The molecule has 2 atom stereocenters. The molecule has 0 aliphatic heterocycles. The summed E-state index contributed by atoms with van der Waals surface area (Å²) in [5.74, 6) is -0.846. The average Bonchev–Trinajstić information content (AvgIpc) is 2.14. The van der Waals surface area contributed by atoms with E-state index in [-0.39, 0.29) is 32.0 Å². The van der Waals surface area contributed by atoms with E-state index in [9.17, 15) is 19.0 Å². The molecule has 0 radical (unpaired) electrons. The highest BCUT2D eigenvalue weighted by molar-refractivity contribution is 7.47. The number of nitrogens with zero attached hydrogens (tertiary/aromatic N) is 1. The average molecular weight is 1290 g/mol. The van der Waals surface area contributed by atoms with Gasteiger partial charge in [0.25, 0.3) is 0 Å². The Morgan fingerprint density at radius 2 is 0.587 bits per heavy atom. The molecule has 0 fully saturated rings. The summed E-state index contributed by atoms with van der Waals surface area (Å²) in [5, 5.41) is 0. The van der Waals surface area contributed by atoms with E-state index in [0.29, 0.717) is 17.4 Å². The standard InChI is InChI=1S/C82H132NO8P/c1-6-8-10-12-14-16-18-20-22-24-26-28-30-32-34-36-38-39-40-41-42-43-45-46-48-50-52-54-56-58-60-62-64-66-68-70-72-74-81(84)88-78-80(79-90-92(86,87)89-77-76-83(3,4)5)91-82(85)75-73-71-69-67-65-63-61-59-57-55-53-51-49-47-44-37-35-33-31-29-27-25-23-21-19-17-15-13-11-9-7-2/h8-11,14-17,20-23,26-29,32-35,38-39,41-42,44,47,51,53,57,59,63,65,80H,6-7,12-13,18-19,24-25,30-31,36-37,40,43,45-46,48-50,52,54-56,58,60-62,64,66-79H2,1-5H3/p+1/b10-8-,11-9-,16-14-,17-15-,22-20-,23-21-,28-26-,29-27-,34-32-,35-33-,39-38-,42-41-,47-44-,53-51-,59-57-,65-63-. The maximum atomic E-state index is 12.9. The lowest BCUT2D eigenvalue weighted by molar-refractivity contribution is -0.870. The first-order valence-corrected chi connectivity index (χ1v) is 37.7. The number of hydrogen-bond acceptors (Lipinski definition) is 7. The molecule has 0 rings (SSSR count). The van der Waals surface area contributed by atoms with Crippen molar-refractivity contribution in [2.45, 2.75) is 264 Å². The predicted molar refractivity (Wildman–Crippen MR) is 399 cm³/mol. The molecule has 0 spiro atoms. The zero-order chi connectivity index (χ0) is 66.9. The zero-order valence-electron chi connectivity index (χ0n) is 59.0. The molecule has 0 amide bonds. The number of rotatable bonds is 64. The Kier molecular flexibility index (Phi) is 66.2. The van der Waals surface area contributed by atoms with Crippen molar-refractivity contribution in [3.63, 3.8) is 0 Å². The summed E-state index contributed by atoms with van der Waals surface area (Å²) in [6.07, 6.45) is 110. The van der Waals surface area contributed by atoms with Crippen LogP contribution in [0.15, 0.2) is 194 Å². The molecule has 0 saturated carbocycles. The number of quaternary nitrogens is 1. The van der Waals surface area contributed by atoms with Crippen LogP contribution in [0.1, 0.15) is 258 Å². The Balaban J connectivity index is 4.15. The molecule has 2 unspecified atom stereocenters. The first-order valence-electron chi connectivity index (χ1n) is 36.2. The van der Waals surface area contributed by atoms with E-state index in [0.717, 1.165) is 141 Å². The van der Waals surface area contributed by atoms with Gasteiger partial charge in [-0.1, -0.05) is 298 Å². The van der Waals surface area contributed by atoms with Gasteiger partial charge in [0.2, 0.25) is 0 Å². The highest BCUT2D eigenvalue weighted by Crippen LogP contribution is 2.43. The zero-order valence-corrected chi connectivity index (χ0v) is 59.8. The van der Waals surface area contributed by atoms with Gasteiger partial charge in [0, 0.05) is 12.8 Å². The minimum atomic E-state index is -4.42. The molecule has 0 heterocycles. The molecule has 0 bridgehead atoms. The minimum absolute atomic E-state index is 0.0149. The first kappa shape index (κ1) is 86.9. The van der Waals surface area contributed by atoms with Gasteiger partial charge >= 0.3 is 19.8 Å². The molecular formula is C82H133NO8P+. The van der Waals surface area contributed by atoms with Gasteiger partial charge in [-0.2, -0.15) is 0 Å². The lowest BCUT2D eigenvalue weighted by Crippen LogP contribution is -2.37. The van der Waals surface area contributed by atoms with Crippen molar-refractivity contribution in [1.82, 2.24) is 0 Å². The second kappa shape index (κ2) is 70.2. The highest BCUT2D eigenvalue weighted by Gasteiger charge is 2.27. The third kappa shape index (κ3) is 73.9. The van der Waals surface area contributed by atoms with E-state index in [1.807, 2.05) is 21.1 Å². The van der Waals surface area contributed by atoms with E-state index >= 15 is 0 Å². The van der Waals surface area contributed by atoms with Crippen LogP contribution in [0, 0.1) is 0 Å². The van der Waals surface area contributed by atoms with Crippen LogP contribution in [0.25, 0.3) is 0 Å². The molecule has 518 valence electrons. The Labute approximate surface area is 564 Å². The number of unbranched alkanes of at least 4 members (excludes halogenated alkanes) is 18. The van der Waals surface area contributed by atoms with Crippen molar-refractivity contribution < 1.29 is 42.1 Å². The second-order valence-corrected chi connectivity index (χ2v) is 26.0. The molecule has 0 aromatic heterocycles. The van der Waals surface area contributed by atoms with E-state index < -0.39 is 26.5 Å². The fourth-order valence-electron chi connectivity index (χ4n) is 9.16. The van der Waals surface area contributed by atoms with Crippen molar-refractivity contribution in [3.8, 4) is 0 Å². The van der Waals surface area contributed by atoms with E-state index in [1.54, 1.807) is 0 Å². The van der Waals surface area contributed by atoms with Gasteiger partial charge in [0.1, 0.15) is 19.8 Å². The number of hydrogen-bond donors (Lipinski definition) is 1. The SMILES string of the molecule is CC/C=C\C/C=C\C/C=C\C/C=C\C/C=C\C/C=C\C/C=C\C/C=C\C/C=C\CCCCCC(=O)OC(COC(=O)CCCCCCCCCCCCCCCCC/C=C\C/C=C\C/C=C\C/C=C\C/C=C\C/C=C\C/C=C\CC)COP(=O)(O)OCC[N+](C)(C)C. The van der Waals surface area contributed by atoms with Crippen molar-refractivity contribution in [2.24, 2.45) is 0 Å². The molecule has 0 saturated heterocycles. The second-order valence-electron chi connectivity index (χ2n) is 24.5. The number of carbonyl (C=O) groups excluding carboxylic acids is 2. The van der Waals surface area contributed by atoms with Crippen LogP contribution in [-0.4, -0.2) is 74.9 Å². The third-order valence-electron chi connectivity index (χ3n) is 14.6. The molecule has 9 nitrogen and oxygen atoms in total. The van der Waals surface area contributed by atoms with Crippen LogP contribution in [0.3, 0.4) is 0 Å². The molecule has 0 aromatic carbocycles. The van der Waals surface area contributed by atoms with Gasteiger partial charge < -0.3 is 18.9 Å². The van der Waals surface area contributed by atoms with Crippen LogP contribution in [-0.2, 0) is 32.7 Å². The number of likely N-dealkylation sites (N-methyl/N-ethyl adjacent to an activating group) is 1. The number of carbonyl (C=O) groups is 2. The third-order valence-corrected chi connectivity index (χ3v) is 15.6. The lowest BCUT2D eigenvalue weighted by atomic mass is 10.0. The summed E-state index contributed by atoms with van der Waals surface area (Å²) < 4.78 is 34.7. The van der Waals surface area contributed by atoms with Gasteiger partial charge in [-0.3, -0.25) is 18.6 Å². The van der Waals surface area contributed by atoms with E-state index in [1.165, 1.54) is 83.5 Å². The van der Waals surface area contributed by atoms with Crippen molar-refractivity contribution >= 4 is 19.8 Å². The number of allylic oxidation sites excluding steroid dienone is 32. The molecule has 92 heavy (non-hydrogen) atoms. The predicted octanol–water partition coefficient (Wildman–Crippen LogP) is 24.0. The normalized spacial score (nSPS) is 14.3. The number of phosphoric ester groups is 1. The van der Waals surface area contributed by atoms with Gasteiger partial charge in [-0.25, -0.2) is 4.57 Å². The molecule has 0 aliphatic carbocycles. The van der Waals surface area contributed by atoms with Crippen LogP contribution in [0.5, 0.6) is 0 Å². The Morgan fingerprint density at radius 1 is 0.337 bits per heavy atom. The number of phosphoric acid groups is 1. The number of ether oxygens (including phenoxy) is 2. The van der Waals surface area contributed by atoms with Gasteiger partial charge in [0.15, 0.2) is 6.10 Å².